The molecule has 5 nitrogen and oxygen atoms in total. The zero-order valence-corrected chi connectivity index (χ0v) is 9.96. The summed E-state index contributed by atoms with van der Waals surface area (Å²) in [5, 5.41) is 0. The maximum absolute atomic E-state index is 11.4. The van der Waals surface area contributed by atoms with Gasteiger partial charge >= 0.3 is 0 Å². The van der Waals surface area contributed by atoms with Gasteiger partial charge in [0.25, 0.3) is 0 Å². The Balaban J connectivity index is 2.48. The number of nitrogens with one attached hydrogen (secondary N) is 1. The van der Waals surface area contributed by atoms with Crippen LogP contribution in [0.4, 0.5) is 5.69 Å². The van der Waals surface area contributed by atoms with Crippen molar-refractivity contribution in [3.63, 3.8) is 0 Å². The van der Waals surface area contributed by atoms with Crippen LogP contribution in [0.5, 0.6) is 0 Å². The lowest BCUT2D eigenvalue weighted by molar-refractivity contribution is 0.217. The van der Waals surface area contributed by atoms with Gasteiger partial charge in [0.05, 0.1) is 12.4 Å². The van der Waals surface area contributed by atoms with Crippen molar-refractivity contribution in [1.82, 2.24) is 4.72 Å². The molecule has 0 heterocycles. The zero-order valence-electron chi connectivity index (χ0n) is 9.14. The summed E-state index contributed by atoms with van der Waals surface area (Å²) < 4.78 is 30.0. The van der Waals surface area contributed by atoms with E-state index in [-0.39, 0.29) is 18.9 Å². The minimum Gasteiger partial charge on any atom is -0.399 e. The van der Waals surface area contributed by atoms with Crippen LogP contribution in [-0.2, 0) is 21.3 Å². The van der Waals surface area contributed by atoms with E-state index in [1.54, 1.807) is 24.3 Å². The first-order valence-electron chi connectivity index (χ1n) is 4.84. The quantitative estimate of drug-likeness (QED) is 0.707. The Hall–Kier alpha value is -1.11. The van der Waals surface area contributed by atoms with Crippen molar-refractivity contribution in [2.75, 3.05) is 25.2 Å². The molecule has 90 valence electrons. The van der Waals surface area contributed by atoms with Gasteiger partial charge in [-0.15, -0.1) is 0 Å². The highest BCUT2D eigenvalue weighted by atomic mass is 32.2. The van der Waals surface area contributed by atoms with Crippen LogP contribution in [0, 0.1) is 0 Å². The molecule has 0 saturated heterocycles. The molecule has 0 atom stereocenters. The fourth-order valence-electron chi connectivity index (χ4n) is 1.09. The minimum atomic E-state index is -3.26. The molecular weight excluding hydrogens is 228 g/mol. The van der Waals surface area contributed by atoms with Crippen LogP contribution in [0.3, 0.4) is 0 Å². The van der Waals surface area contributed by atoms with Gasteiger partial charge in [-0.25, -0.2) is 13.1 Å². The molecule has 0 unspecified atom stereocenters. The summed E-state index contributed by atoms with van der Waals surface area (Å²) in [5.41, 5.74) is 7.05. The Morgan fingerprint density at radius 3 is 2.50 bits per heavy atom. The van der Waals surface area contributed by atoms with Gasteiger partial charge in [-0.1, -0.05) is 12.1 Å². The first kappa shape index (κ1) is 13.0. The van der Waals surface area contributed by atoms with E-state index in [1.807, 2.05) is 0 Å². The monoisotopic (exact) mass is 244 g/mol. The molecule has 3 N–H and O–H groups in total. The van der Waals surface area contributed by atoms with Crippen molar-refractivity contribution in [3.05, 3.63) is 29.8 Å². The van der Waals surface area contributed by atoms with Crippen LogP contribution in [0.1, 0.15) is 5.56 Å². The van der Waals surface area contributed by atoms with Crippen LogP contribution < -0.4 is 10.5 Å². The largest absolute Gasteiger partial charge is 0.399 e. The number of nitrogens with two attached hydrogens (primary N) is 1. The van der Waals surface area contributed by atoms with Crippen LogP contribution in [0.25, 0.3) is 0 Å². The van der Waals surface area contributed by atoms with E-state index < -0.39 is 10.0 Å². The Morgan fingerprint density at radius 2 is 1.94 bits per heavy atom. The maximum Gasteiger partial charge on any atom is 0.214 e. The van der Waals surface area contributed by atoms with Gasteiger partial charge in [0.2, 0.25) is 10.0 Å². The van der Waals surface area contributed by atoms with E-state index in [2.05, 4.69) is 4.72 Å². The molecule has 6 heteroatoms. The Bertz CT molecular complexity index is 414. The van der Waals surface area contributed by atoms with Crippen LogP contribution in [0.2, 0.25) is 0 Å². The van der Waals surface area contributed by atoms with Crippen molar-refractivity contribution in [3.8, 4) is 0 Å². The molecule has 0 aromatic heterocycles. The van der Waals surface area contributed by atoms with Gasteiger partial charge in [-0.05, 0) is 17.7 Å². The predicted molar refractivity (Wildman–Crippen MR) is 63.4 cm³/mol. The van der Waals surface area contributed by atoms with Crippen molar-refractivity contribution in [2.24, 2.45) is 0 Å². The maximum atomic E-state index is 11.4. The molecule has 1 rings (SSSR count). The molecule has 1 aromatic rings. The molecule has 0 aliphatic rings. The number of methoxy groups -OCH3 is 1. The third-order valence-electron chi connectivity index (χ3n) is 2.03. The highest BCUT2D eigenvalue weighted by molar-refractivity contribution is 7.89. The number of hydrogen-bond donors (Lipinski definition) is 2. The smallest absolute Gasteiger partial charge is 0.214 e. The molecule has 1 aromatic carbocycles. The summed E-state index contributed by atoms with van der Waals surface area (Å²) in [7, 11) is -1.79. The number of rotatable bonds is 6. The third-order valence-corrected chi connectivity index (χ3v) is 3.32. The van der Waals surface area contributed by atoms with Gasteiger partial charge in [0, 0.05) is 19.3 Å². The molecular formula is C10H16N2O3S. The number of sulfonamides is 1. The van der Waals surface area contributed by atoms with Crippen molar-refractivity contribution in [2.45, 2.75) is 6.54 Å². The van der Waals surface area contributed by atoms with Crippen LogP contribution in [0.15, 0.2) is 24.3 Å². The highest BCUT2D eigenvalue weighted by Gasteiger charge is 2.08. The number of nitrogen functional groups attached to an aromatic ring is 1. The van der Waals surface area contributed by atoms with Gasteiger partial charge in [-0.3, -0.25) is 0 Å². The second-order valence-corrected chi connectivity index (χ2v) is 5.30. The summed E-state index contributed by atoms with van der Waals surface area (Å²) >= 11 is 0. The molecule has 0 aliphatic carbocycles. The van der Waals surface area contributed by atoms with E-state index in [1.165, 1.54) is 7.11 Å². The van der Waals surface area contributed by atoms with Gasteiger partial charge in [0.1, 0.15) is 0 Å². The van der Waals surface area contributed by atoms with E-state index in [9.17, 15) is 8.42 Å². The third kappa shape index (κ3) is 4.61. The molecule has 0 amide bonds. The minimum absolute atomic E-state index is 0.0293. The fourth-order valence-corrected chi connectivity index (χ4v) is 2.01. The van der Waals surface area contributed by atoms with Crippen molar-refractivity contribution < 1.29 is 13.2 Å². The van der Waals surface area contributed by atoms with E-state index in [0.29, 0.717) is 5.69 Å². The second-order valence-electron chi connectivity index (χ2n) is 3.37. The lowest BCUT2D eigenvalue weighted by Gasteiger charge is -2.06. The number of hydrogen-bond acceptors (Lipinski definition) is 4. The van der Waals surface area contributed by atoms with Gasteiger partial charge in [-0.2, -0.15) is 0 Å². The van der Waals surface area contributed by atoms with Crippen molar-refractivity contribution >= 4 is 15.7 Å². The zero-order chi connectivity index (χ0) is 12.0. The normalized spacial score (nSPS) is 11.6. The van der Waals surface area contributed by atoms with Gasteiger partial charge in [0.15, 0.2) is 0 Å². The molecule has 0 radical (unpaired) electrons. The van der Waals surface area contributed by atoms with E-state index in [0.717, 1.165) is 5.56 Å². The summed E-state index contributed by atoms with van der Waals surface area (Å²) in [6.45, 7) is 0.462. The Morgan fingerprint density at radius 1 is 1.31 bits per heavy atom. The molecule has 0 aliphatic heterocycles. The first-order chi connectivity index (χ1) is 7.53. The van der Waals surface area contributed by atoms with Gasteiger partial charge < -0.3 is 10.5 Å². The standard InChI is InChI=1S/C10H16N2O3S/c1-15-6-7-16(13,14)12-8-9-2-4-10(11)5-3-9/h2-5,12H,6-8,11H2,1H3. The molecule has 0 saturated carbocycles. The number of benzene rings is 1. The molecule has 16 heavy (non-hydrogen) atoms. The molecule has 0 fully saturated rings. The lowest BCUT2D eigenvalue weighted by Crippen LogP contribution is -2.27. The SMILES string of the molecule is COCCS(=O)(=O)NCc1ccc(N)cc1. The Labute approximate surface area is 95.7 Å². The summed E-state index contributed by atoms with van der Waals surface area (Å²) in [4.78, 5) is 0. The Kier molecular flexibility index (Phi) is 4.72. The summed E-state index contributed by atoms with van der Waals surface area (Å²) in [5.74, 6) is -0.0293. The topological polar surface area (TPSA) is 81.4 Å². The van der Waals surface area contributed by atoms with Crippen LogP contribution in [-0.4, -0.2) is 27.9 Å². The van der Waals surface area contributed by atoms with E-state index >= 15 is 0 Å². The average molecular weight is 244 g/mol. The lowest BCUT2D eigenvalue weighted by atomic mass is 10.2. The number of ether oxygens (including phenoxy) is 1. The van der Waals surface area contributed by atoms with Crippen molar-refractivity contribution in [1.29, 1.82) is 0 Å². The van der Waals surface area contributed by atoms with Crippen LogP contribution >= 0.6 is 0 Å². The summed E-state index contributed by atoms with van der Waals surface area (Å²) in [6.07, 6.45) is 0. The second kappa shape index (κ2) is 5.83. The molecule has 0 spiro atoms. The fraction of sp³-hybridized carbons (Fsp3) is 0.400. The number of anilines is 1. The highest BCUT2D eigenvalue weighted by Crippen LogP contribution is 2.05. The summed E-state index contributed by atoms with van der Waals surface area (Å²) in [6, 6.07) is 7.04. The van der Waals surface area contributed by atoms with E-state index in [4.69, 9.17) is 10.5 Å². The predicted octanol–water partition coefficient (Wildman–Crippen LogP) is 0.335. The molecule has 0 bridgehead atoms. The average Bonchev–Trinajstić information content (AvgIpc) is 2.26. The first-order valence-corrected chi connectivity index (χ1v) is 6.49.